The summed E-state index contributed by atoms with van der Waals surface area (Å²) in [7, 11) is 0. The van der Waals surface area contributed by atoms with E-state index in [0.29, 0.717) is 0 Å². The number of aromatic amines is 1. The predicted octanol–water partition coefficient (Wildman–Crippen LogP) is 3.71. The van der Waals surface area contributed by atoms with E-state index in [4.69, 9.17) is 12.2 Å². The van der Waals surface area contributed by atoms with Crippen LogP contribution in [0.2, 0.25) is 0 Å². The van der Waals surface area contributed by atoms with Crippen molar-refractivity contribution in [1.82, 2.24) is 14.5 Å². The molecule has 0 aliphatic rings. The maximum atomic E-state index is 5.36. The largest absolute Gasteiger partial charge is 0.329 e. The maximum Gasteiger partial charge on any atom is 0.179 e. The fourth-order valence-electron chi connectivity index (χ4n) is 2.01. The van der Waals surface area contributed by atoms with Gasteiger partial charge in [-0.05, 0) is 60.1 Å². The molecule has 0 amide bonds. The number of thiophene rings is 1. The molecule has 5 heteroatoms. The first kappa shape index (κ1) is 11.6. The van der Waals surface area contributed by atoms with Gasteiger partial charge in [-0.15, -0.1) is 0 Å². The lowest BCUT2D eigenvalue weighted by atomic mass is 10.2. The highest BCUT2D eigenvalue weighted by molar-refractivity contribution is 7.71. The number of imidazole rings is 1. The van der Waals surface area contributed by atoms with Crippen LogP contribution in [0.25, 0.3) is 11.2 Å². The molecule has 0 saturated heterocycles. The van der Waals surface area contributed by atoms with Crippen molar-refractivity contribution in [3.63, 3.8) is 0 Å². The Hall–Kier alpha value is -1.46. The summed E-state index contributed by atoms with van der Waals surface area (Å²) in [5, 5.41) is 4.28. The lowest BCUT2D eigenvalue weighted by Crippen LogP contribution is -2.02. The molecular weight excluding hydrogens is 262 g/mol. The fourth-order valence-corrected chi connectivity index (χ4v) is 3.00. The zero-order valence-electron chi connectivity index (χ0n) is 10.0. The Morgan fingerprint density at radius 2 is 2.28 bits per heavy atom. The van der Waals surface area contributed by atoms with Crippen molar-refractivity contribution < 1.29 is 0 Å². The summed E-state index contributed by atoms with van der Waals surface area (Å²) < 4.78 is 2.83. The predicted molar refractivity (Wildman–Crippen MR) is 77.7 cm³/mol. The van der Waals surface area contributed by atoms with E-state index in [1.807, 2.05) is 19.1 Å². The molecule has 92 valence electrons. The minimum absolute atomic E-state index is 0.748. The van der Waals surface area contributed by atoms with Gasteiger partial charge in [-0.3, -0.25) is 0 Å². The van der Waals surface area contributed by atoms with E-state index in [9.17, 15) is 0 Å². The number of rotatable bonds is 3. The molecule has 0 spiro atoms. The number of fused-ring (bicyclic) bond motifs is 1. The van der Waals surface area contributed by atoms with Crippen LogP contribution in [-0.4, -0.2) is 14.5 Å². The summed E-state index contributed by atoms with van der Waals surface area (Å²) in [6.45, 7) is 2.87. The van der Waals surface area contributed by atoms with Crippen molar-refractivity contribution in [1.29, 1.82) is 0 Å². The SMILES string of the molecule is Cc1ccc2[nH]c(=S)n(CCc3ccsc3)c2n1. The lowest BCUT2D eigenvalue weighted by Gasteiger charge is -2.03. The minimum atomic E-state index is 0.748. The quantitative estimate of drug-likeness (QED) is 0.739. The summed E-state index contributed by atoms with van der Waals surface area (Å²) in [6.07, 6.45) is 0.986. The van der Waals surface area contributed by atoms with Crippen LogP contribution in [0, 0.1) is 11.7 Å². The Balaban J connectivity index is 1.98. The van der Waals surface area contributed by atoms with Crippen LogP contribution in [0.3, 0.4) is 0 Å². The molecule has 0 aliphatic carbocycles. The third-order valence-electron chi connectivity index (χ3n) is 2.96. The molecule has 0 atom stereocenters. The van der Waals surface area contributed by atoms with Crippen molar-refractivity contribution in [3.05, 3.63) is 45.0 Å². The van der Waals surface area contributed by atoms with Crippen molar-refractivity contribution >= 4 is 34.7 Å². The summed E-state index contributed by atoms with van der Waals surface area (Å²) in [5.41, 5.74) is 4.33. The Labute approximate surface area is 114 Å². The van der Waals surface area contributed by atoms with Crippen molar-refractivity contribution in [2.45, 2.75) is 19.9 Å². The van der Waals surface area contributed by atoms with Crippen molar-refractivity contribution in [2.24, 2.45) is 0 Å². The van der Waals surface area contributed by atoms with Gasteiger partial charge in [0.2, 0.25) is 0 Å². The number of nitrogens with zero attached hydrogens (tertiary/aromatic N) is 2. The smallest absolute Gasteiger partial charge is 0.179 e. The number of nitrogens with one attached hydrogen (secondary N) is 1. The van der Waals surface area contributed by atoms with E-state index in [1.165, 1.54) is 5.56 Å². The van der Waals surface area contributed by atoms with Crippen LogP contribution in [0.5, 0.6) is 0 Å². The standard InChI is InChI=1S/C13H13N3S2/c1-9-2-3-11-12(14-9)16(13(17)15-11)6-4-10-5-7-18-8-10/h2-3,5,7-8H,4,6H2,1H3,(H,15,17). The molecule has 1 N–H and O–H groups in total. The van der Waals surface area contributed by atoms with Crippen molar-refractivity contribution in [2.75, 3.05) is 0 Å². The third-order valence-corrected chi connectivity index (χ3v) is 4.02. The van der Waals surface area contributed by atoms with Crippen LogP contribution in [0.1, 0.15) is 11.3 Å². The molecular formula is C13H13N3S2. The second-order valence-electron chi connectivity index (χ2n) is 4.29. The monoisotopic (exact) mass is 275 g/mol. The zero-order valence-corrected chi connectivity index (χ0v) is 11.6. The number of aryl methyl sites for hydroxylation is 3. The summed E-state index contributed by atoms with van der Waals surface area (Å²) >= 11 is 7.09. The number of hydrogen-bond acceptors (Lipinski definition) is 3. The summed E-state index contributed by atoms with van der Waals surface area (Å²) in [6, 6.07) is 6.19. The van der Waals surface area contributed by atoms with Gasteiger partial charge in [0.25, 0.3) is 0 Å². The number of hydrogen-bond donors (Lipinski definition) is 1. The molecule has 18 heavy (non-hydrogen) atoms. The van der Waals surface area contributed by atoms with Crippen LogP contribution in [0.4, 0.5) is 0 Å². The highest BCUT2D eigenvalue weighted by atomic mass is 32.1. The van der Waals surface area contributed by atoms with Crippen LogP contribution >= 0.6 is 23.6 Å². The molecule has 0 aliphatic heterocycles. The summed E-state index contributed by atoms with van der Waals surface area (Å²) in [5.74, 6) is 0. The van der Waals surface area contributed by atoms with Gasteiger partial charge in [-0.1, -0.05) is 0 Å². The number of pyridine rings is 1. The molecule has 3 heterocycles. The topological polar surface area (TPSA) is 33.6 Å². The highest BCUT2D eigenvalue weighted by Gasteiger charge is 2.06. The van der Waals surface area contributed by atoms with E-state index in [0.717, 1.165) is 34.6 Å². The van der Waals surface area contributed by atoms with Gasteiger partial charge in [0, 0.05) is 12.2 Å². The lowest BCUT2D eigenvalue weighted by molar-refractivity contribution is 0.701. The Bertz CT molecular complexity index is 722. The highest BCUT2D eigenvalue weighted by Crippen LogP contribution is 2.14. The first-order chi connectivity index (χ1) is 8.74. The van der Waals surface area contributed by atoms with E-state index in [-0.39, 0.29) is 0 Å². The maximum absolute atomic E-state index is 5.36. The van der Waals surface area contributed by atoms with E-state index >= 15 is 0 Å². The van der Waals surface area contributed by atoms with Crippen LogP contribution in [0.15, 0.2) is 29.0 Å². The third kappa shape index (κ3) is 2.11. The van der Waals surface area contributed by atoms with E-state index in [1.54, 1.807) is 11.3 Å². The molecule has 3 aromatic heterocycles. The van der Waals surface area contributed by atoms with Gasteiger partial charge < -0.3 is 9.55 Å². The first-order valence-corrected chi connectivity index (χ1v) is 7.16. The van der Waals surface area contributed by atoms with Crippen molar-refractivity contribution in [3.8, 4) is 0 Å². The van der Waals surface area contributed by atoms with Gasteiger partial charge in [0.1, 0.15) is 0 Å². The second-order valence-corrected chi connectivity index (χ2v) is 5.45. The Kier molecular flexibility index (Phi) is 3.01. The van der Waals surface area contributed by atoms with Gasteiger partial charge in [-0.2, -0.15) is 11.3 Å². The zero-order chi connectivity index (χ0) is 12.5. The first-order valence-electron chi connectivity index (χ1n) is 5.81. The molecule has 3 aromatic rings. The Morgan fingerprint density at radius 1 is 1.39 bits per heavy atom. The number of aromatic nitrogens is 3. The molecule has 0 aromatic carbocycles. The molecule has 3 rings (SSSR count). The van der Waals surface area contributed by atoms with E-state index in [2.05, 4.69) is 31.4 Å². The molecule has 0 saturated carbocycles. The van der Waals surface area contributed by atoms with Gasteiger partial charge in [0.05, 0.1) is 5.52 Å². The van der Waals surface area contributed by atoms with Crippen LogP contribution in [-0.2, 0) is 13.0 Å². The minimum Gasteiger partial charge on any atom is -0.329 e. The second kappa shape index (κ2) is 4.66. The van der Waals surface area contributed by atoms with Crippen LogP contribution < -0.4 is 0 Å². The fraction of sp³-hybridized carbons (Fsp3) is 0.231. The molecule has 0 bridgehead atoms. The number of H-pyrrole nitrogens is 1. The summed E-state index contributed by atoms with van der Waals surface area (Å²) in [4.78, 5) is 7.77. The molecule has 0 unspecified atom stereocenters. The van der Waals surface area contributed by atoms with E-state index < -0.39 is 0 Å². The van der Waals surface area contributed by atoms with Gasteiger partial charge in [-0.25, -0.2) is 4.98 Å². The van der Waals surface area contributed by atoms with Gasteiger partial charge >= 0.3 is 0 Å². The molecule has 3 nitrogen and oxygen atoms in total. The average Bonchev–Trinajstić information content (AvgIpc) is 2.94. The molecule has 0 radical (unpaired) electrons. The molecule has 0 fully saturated rings. The van der Waals surface area contributed by atoms with Gasteiger partial charge in [0.15, 0.2) is 10.4 Å². The Morgan fingerprint density at radius 3 is 3.06 bits per heavy atom. The normalized spacial score (nSPS) is 11.2. The average molecular weight is 275 g/mol.